The summed E-state index contributed by atoms with van der Waals surface area (Å²) in [5.74, 6) is -0.401. The molecule has 0 radical (unpaired) electrons. The van der Waals surface area contributed by atoms with Crippen molar-refractivity contribution in [2.24, 2.45) is 5.41 Å². The molecule has 1 saturated heterocycles. The second-order valence-corrected chi connectivity index (χ2v) is 5.18. The number of hydrogen-bond acceptors (Lipinski definition) is 2. The van der Waals surface area contributed by atoms with Crippen molar-refractivity contribution in [1.82, 2.24) is 5.32 Å². The highest BCUT2D eigenvalue weighted by Crippen LogP contribution is 2.37. The number of hydrogen-bond donors (Lipinski definition) is 1. The number of ketones is 1. The summed E-state index contributed by atoms with van der Waals surface area (Å²) >= 11 is 0. The third-order valence-electron chi connectivity index (χ3n) is 3.73. The first-order valence-electron chi connectivity index (χ1n) is 6.26. The first-order valence-corrected chi connectivity index (χ1v) is 6.26. The predicted octanol–water partition coefficient (Wildman–Crippen LogP) is 3.28. The summed E-state index contributed by atoms with van der Waals surface area (Å²) in [7, 11) is 0. The van der Waals surface area contributed by atoms with Gasteiger partial charge in [-0.15, -0.1) is 0 Å². The Kier molecular flexibility index (Phi) is 3.67. The van der Waals surface area contributed by atoms with E-state index in [2.05, 4.69) is 5.32 Å². The molecule has 1 heterocycles. The van der Waals surface area contributed by atoms with Crippen LogP contribution in [0.5, 0.6) is 0 Å². The number of carbonyl (C=O) groups is 1. The van der Waals surface area contributed by atoms with Crippen LogP contribution in [0.1, 0.15) is 35.7 Å². The van der Waals surface area contributed by atoms with Gasteiger partial charge in [-0.3, -0.25) is 4.79 Å². The number of alkyl halides is 3. The summed E-state index contributed by atoms with van der Waals surface area (Å²) in [6.07, 6.45) is -3.36. The molecule has 0 spiro atoms. The van der Waals surface area contributed by atoms with Crippen LogP contribution < -0.4 is 5.32 Å². The molecular weight excluding hydrogens is 255 g/mol. The summed E-state index contributed by atoms with van der Waals surface area (Å²) in [5.41, 5.74) is -1.74. The van der Waals surface area contributed by atoms with Gasteiger partial charge in [0, 0.05) is 11.0 Å². The van der Waals surface area contributed by atoms with Crippen molar-refractivity contribution in [3.05, 3.63) is 35.4 Å². The molecule has 2 nitrogen and oxygen atoms in total. The fraction of sp³-hybridized carbons (Fsp3) is 0.500. The van der Waals surface area contributed by atoms with Gasteiger partial charge in [0.15, 0.2) is 5.78 Å². The van der Waals surface area contributed by atoms with E-state index in [-0.39, 0.29) is 5.56 Å². The molecule has 1 fully saturated rings. The Morgan fingerprint density at radius 2 is 1.79 bits per heavy atom. The molecule has 1 N–H and O–H groups in total. The minimum Gasteiger partial charge on any atom is -0.317 e. The van der Waals surface area contributed by atoms with E-state index in [1.807, 2.05) is 0 Å². The van der Waals surface area contributed by atoms with Gasteiger partial charge in [-0.2, -0.15) is 13.2 Å². The molecule has 0 unspecified atom stereocenters. The zero-order valence-corrected chi connectivity index (χ0v) is 10.7. The Hall–Kier alpha value is -1.36. The lowest BCUT2D eigenvalue weighted by molar-refractivity contribution is -0.138. The normalized spacial score (nSPS) is 19.2. The van der Waals surface area contributed by atoms with Crippen LogP contribution >= 0.6 is 0 Å². The maximum atomic E-state index is 12.9. The number of piperidine rings is 1. The smallest absolute Gasteiger partial charge is 0.317 e. The van der Waals surface area contributed by atoms with E-state index in [0.717, 1.165) is 6.07 Å². The summed E-state index contributed by atoms with van der Waals surface area (Å²) in [5, 5.41) is 3.12. The van der Waals surface area contributed by atoms with Gasteiger partial charge in [0.1, 0.15) is 0 Å². The van der Waals surface area contributed by atoms with Gasteiger partial charge in [0.2, 0.25) is 0 Å². The first-order chi connectivity index (χ1) is 8.84. The standard InChI is InChI=1S/C14H16F3NO/c1-13(6-8-18-9-7-13)12(19)10-4-2-3-5-11(10)14(15,16)17/h2-5,18H,6-9H2,1H3. The van der Waals surface area contributed by atoms with E-state index in [1.165, 1.54) is 18.2 Å². The van der Waals surface area contributed by atoms with Gasteiger partial charge in [-0.25, -0.2) is 0 Å². The lowest BCUT2D eigenvalue weighted by atomic mass is 9.74. The number of nitrogens with one attached hydrogen (secondary N) is 1. The van der Waals surface area contributed by atoms with Crippen molar-refractivity contribution in [3.63, 3.8) is 0 Å². The maximum Gasteiger partial charge on any atom is 0.417 e. The van der Waals surface area contributed by atoms with Crippen molar-refractivity contribution < 1.29 is 18.0 Å². The Bertz CT molecular complexity index is 476. The third-order valence-corrected chi connectivity index (χ3v) is 3.73. The maximum absolute atomic E-state index is 12.9. The molecule has 104 valence electrons. The zero-order valence-electron chi connectivity index (χ0n) is 10.7. The van der Waals surface area contributed by atoms with Crippen LogP contribution in [-0.4, -0.2) is 18.9 Å². The minimum absolute atomic E-state index is 0.209. The molecule has 1 aromatic rings. The molecule has 0 amide bonds. The molecule has 19 heavy (non-hydrogen) atoms. The Morgan fingerprint density at radius 3 is 2.37 bits per heavy atom. The first kappa shape index (κ1) is 14.1. The van der Waals surface area contributed by atoms with Crippen molar-refractivity contribution in [2.75, 3.05) is 13.1 Å². The van der Waals surface area contributed by atoms with E-state index in [0.29, 0.717) is 25.9 Å². The topological polar surface area (TPSA) is 29.1 Å². The number of rotatable bonds is 2. The van der Waals surface area contributed by atoms with E-state index in [9.17, 15) is 18.0 Å². The predicted molar refractivity (Wildman–Crippen MR) is 66.0 cm³/mol. The van der Waals surface area contributed by atoms with Gasteiger partial charge in [0.25, 0.3) is 0 Å². The highest BCUT2D eigenvalue weighted by atomic mass is 19.4. The van der Waals surface area contributed by atoms with Crippen LogP contribution in [0.4, 0.5) is 13.2 Å². The average Bonchev–Trinajstić information content (AvgIpc) is 2.38. The van der Waals surface area contributed by atoms with Crippen molar-refractivity contribution in [1.29, 1.82) is 0 Å². The molecule has 1 aliphatic rings. The molecule has 5 heteroatoms. The molecule has 0 aliphatic carbocycles. The molecule has 0 bridgehead atoms. The van der Waals surface area contributed by atoms with Crippen molar-refractivity contribution in [3.8, 4) is 0 Å². The Morgan fingerprint density at radius 1 is 1.21 bits per heavy atom. The summed E-state index contributed by atoms with van der Waals surface area (Å²) in [4.78, 5) is 12.5. The average molecular weight is 271 g/mol. The van der Waals surface area contributed by atoms with Crippen LogP contribution in [0.25, 0.3) is 0 Å². The molecule has 1 aromatic carbocycles. The lowest BCUT2D eigenvalue weighted by Crippen LogP contribution is -2.40. The lowest BCUT2D eigenvalue weighted by Gasteiger charge is -2.33. The molecule has 0 atom stereocenters. The fourth-order valence-corrected chi connectivity index (χ4v) is 2.46. The van der Waals surface area contributed by atoms with Crippen molar-refractivity contribution in [2.45, 2.75) is 25.9 Å². The van der Waals surface area contributed by atoms with E-state index >= 15 is 0 Å². The van der Waals surface area contributed by atoms with Crippen molar-refractivity contribution >= 4 is 5.78 Å². The van der Waals surface area contributed by atoms with Crippen LogP contribution in [0.15, 0.2) is 24.3 Å². The molecule has 2 rings (SSSR count). The minimum atomic E-state index is -4.49. The summed E-state index contributed by atoms with van der Waals surface area (Å²) in [6, 6.07) is 5.04. The number of carbonyl (C=O) groups excluding carboxylic acids is 1. The van der Waals surface area contributed by atoms with Crippen LogP contribution in [0.3, 0.4) is 0 Å². The third kappa shape index (κ3) is 2.81. The molecule has 0 aromatic heterocycles. The van der Waals surface area contributed by atoms with Gasteiger partial charge in [0.05, 0.1) is 5.56 Å². The Balaban J connectivity index is 2.39. The van der Waals surface area contributed by atoms with Crippen LogP contribution in [0.2, 0.25) is 0 Å². The second kappa shape index (κ2) is 4.96. The SMILES string of the molecule is CC1(C(=O)c2ccccc2C(F)(F)F)CCNCC1. The summed E-state index contributed by atoms with van der Waals surface area (Å²) in [6.45, 7) is 3.08. The van der Waals surface area contributed by atoms with Gasteiger partial charge >= 0.3 is 6.18 Å². The molecular formula is C14H16F3NO. The van der Waals surface area contributed by atoms with Crippen LogP contribution in [0, 0.1) is 5.41 Å². The van der Waals surface area contributed by atoms with Gasteiger partial charge in [-0.1, -0.05) is 25.1 Å². The number of Topliss-reactive ketones (excluding diaryl/α,β-unsaturated/α-hetero) is 1. The van der Waals surface area contributed by atoms with Crippen LogP contribution in [-0.2, 0) is 6.18 Å². The van der Waals surface area contributed by atoms with Gasteiger partial charge < -0.3 is 5.32 Å². The number of halogens is 3. The molecule has 1 aliphatic heterocycles. The quantitative estimate of drug-likeness (QED) is 0.836. The largest absolute Gasteiger partial charge is 0.417 e. The summed E-state index contributed by atoms with van der Waals surface area (Å²) < 4.78 is 38.8. The fourth-order valence-electron chi connectivity index (χ4n) is 2.46. The van der Waals surface area contributed by atoms with Gasteiger partial charge in [-0.05, 0) is 32.0 Å². The van der Waals surface area contributed by atoms with E-state index in [4.69, 9.17) is 0 Å². The monoisotopic (exact) mass is 271 g/mol. The second-order valence-electron chi connectivity index (χ2n) is 5.18. The number of benzene rings is 1. The Labute approximate surface area is 110 Å². The highest BCUT2D eigenvalue weighted by Gasteiger charge is 2.40. The van der Waals surface area contributed by atoms with E-state index < -0.39 is 22.9 Å². The zero-order chi connectivity index (χ0) is 14.1. The van der Waals surface area contributed by atoms with E-state index in [1.54, 1.807) is 6.92 Å². The molecule has 0 saturated carbocycles. The highest BCUT2D eigenvalue weighted by molar-refractivity contribution is 6.01.